The molecule has 9 nitrogen and oxygen atoms in total. The molecule has 1 unspecified atom stereocenters. The van der Waals surface area contributed by atoms with Gasteiger partial charge in [-0.3, -0.25) is 14.4 Å². The summed E-state index contributed by atoms with van der Waals surface area (Å²) in [5.41, 5.74) is -1.89. The van der Waals surface area contributed by atoms with E-state index in [4.69, 9.17) is 5.11 Å². The first-order valence-corrected chi connectivity index (χ1v) is 7.85. The number of nitrogens with one attached hydrogen (secondary N) is 1. The van der Waals surface area contributed by atoms with Crippen LogP contribution in [0.25, 0.3) is 0 Å². The third-order valence-electron chi connectivity index (χ3n) is 2.76. The molecule has 1 atom stereocenters. The molecule has 0 aromatic rings. The van der Waals surface area contributed by atoms with E-state index in [9.17, 15) is 28.7 Å². The normalized spacial score (nSPS) is 13.4. The van der Waals surface area contributed by atoms with E-state index in [-0.39, 0.29) is 11.1 Å². The number of hydrogen-bond acceptors (Lipinski definition) is 4. The van der Waals surface area contributed by atoms with Crippen LogP contribution in [0.2, 0.25) is 0 Å². The van der Waals surface area contributed by atoms with Crippen LogP contribution < -0.4 is 5.32 Å². The van der Waals surface area contributed by atoms with E-state index in [2.05, 4.69) is 5.32 Å². The molecule has 0 aromatic carbocycles. The fourth-order valence-electron chi connectivity index (χ4n) is 1.63. The summed E-state index contributed by atoms with van der Waals surface area (Å²) < 4.78 is 11.7. The second kappa shape index (κ2) is 7.02. The molecular formula is C11H21N2O7P. The van der Waals surface area contributed by atoms with Gasteiger partial charge in [-0.25, -0.2) is 9.24 Å². The topological polar surface area (TPSA) is 144 Å². The van der Waals surface area contributed by atoms with Crippen molar-refractivity contribution in [1.29, 1.82) is 0 Å². The predicted molar refractivity (Wildman–Crippen MR) is 73.1 cm³/mol. The molecule has 122 valence electrons. The zero-order valence-corrected chi connectivity index (χ0v) is 13.3. The van der Waals surface area contributed by atoms with Gasteiger partial charge in [0, 0.05) is 6.42 Å². The maximum atomic E-state index is 12.1. The van der Waals surface area contributed by atoms with Crippen LogP contribution in [-0.2, 0) is 18.9 Å². The molecule has 0 saturated carbocycles. The van der Waals surface area contributed by atoms with Crippen molar-refractivity contribution >= 4 is 25.5 Å². The smallest absolute Gasteiger partial charge is 0.433 e. The average Bonchev–Trinajstić information content (AvgIpc) is 2.26. The van der Waals surface area contributed by atoms with Gasteiger partial charge in [0.2, 0.25) is 11.8 Å². The van der Waals surface area contributed by atoms with Crippen LogP contribution in [0.5, 0.6) is 0 Å². The maximum Gasteiger partial charge on any atom is 0.433 e. The van der Waals surface area contributed by atoms with E-state index in [0.717, 1.165) is 13.8 Å². The molecule has 0 saturated heterocycles. The van der Waals surface area contributed by atoms with Crippen LogP contribution >= 0.6 is 7.75 Å². The minimum absolute atomic E-state index is 0.143. The van der Waals surface area contributed by atoms with E-state index in [1.165, 1.54) is 6.92 Å². The second-order valence-corrected chi connectivity index (χ2v) is 6.49. The van der Waals surface area contributed by atoms with Gasteiger partial charge in [0.25, 0.3) is 0 Å². The Labute approximate surface area is 122 Å². The lowest BCUT2D eigenvalue weighted by atomic mass is 10.0. The standard InChI is InChI=1S/C11H21N2O7P/c1-5-6-8(14)13(21(18,19)20)11(3,4)10(17)12-7(2)9(15)16/h7H,5-6H2,1-4H3,(H,12,17)(H,15,16)(H2,18,19,20). The minimum Gasteiger partial charge on any atom is -0.480 e. The maximum absolute atomic E-state index is 12.1. The Morgan fingerprint density at radius 3 is 2.10 bits per heavy atom. The Hall–Kier alpha value is -1.44. The molecule has 0 rings (SSSR count). The van der Waals surface area contributed by atoms with Crippen molar-refractivity contribution in [2.24, 2.45) is 0 Å². The Bertz CT molecular complexity index is 471. The zero-order chi connectivity index (χ0) is 17.0. The van der Waals surface area contributed by atoms with Gasteiger partial charge in [0.05, 0.1) is 0 Å². The lowest BCUT2D eigenvalue weighted by Crippen LogP contribution is -2.57. The van der Waals surface area contributed by atoms with Crippen molar-refractivity contribution in [2.45, 2.75) is 52.1 Å². The van der Waals surface area contributed by atoms with Crippen molar-refractivity contribution < 1.29 is 33.8 Å². The van der Waals surface area contributed by atoms with Gasteiger partial charge < -0.3 is 20.2 Å². The van der Waals surface area contributed by atoms with E-state index < -0.39 is 37.1 Å². The monoisotopic (exact) mass is 324 g/mol. The predicted octanol–water partition coefficient (Wildman–Crippen LogP) is 0.0757. The van der Waals surface area contributed by atoms with Crippen molar-refractivity contribution in [3.05, 3.63) is 0 Å². The van der Waals surface area contributed by atoms with Crippen LogP contribution in [-0.4, -0.2) is 48.9 Å². The highest BCUT2D eigenvalue weighted by Gasteiger charge is 2.47. The number of hydrogen-bond donors (Lipinski definition) is 4. The number of carbonyl (C=O) groups is 3. The van der Waals surface area contributed by atoms with Gasteiger partial charge in [-0.1, -0.05) is 6.92 Å². The third-order valence-corrected chi connectivity index (χ3v) is 4.01. The fraction of sp³-hybridized carbons (Fsp3) is 0.727. The molecule has 0 spiro atoms. The van der Waals surface area contributed by atoms with Crippen molar-refractivity contribution in [3.8, 4) is 0 Å². The van der Waals surface area contributed by atoms with Gasteiger partial charge in [-0.2, -0.15) is 0 Å². The molecule has 0 aliphatic heterocycles. The molecule has 0 heterocycles. The quantitative estimate of drug-likeness (QED) is 0.485. The highest BCUT2D eigenvalue weighted by Crippen LogP contribution is 2.46. The summed E-state index contributed by atoms with van der Waals surface area (Å²) in [7, 11) is -5.03. The number of nitrogens with zero attached hydrogens (tertiary/aromatic N) is 1. The molecular weight excluding hydrogens is 303 g/mol. The molecule has 2 amide bonds. The number of aliphatic carboxylic acids is 1. The van der Waals surface area contributed by atoms with Gasteiger partial charge >= 0.3 is 13.7 Å². The van der Waals surface area contributed by atoms with E-state index in [0.29, 0.717) is 6.42 Å². The lowest BCUT2D eigenvalue weighted by molar-refractivity contribution is -0.145. The summed E-state index contributed by atoms with van der Waals surface area (Å²) in [5, 5.41) is 10.8. The summed E-state index contributed by atoms with van der Waals surface area (Å²) in [6.07, 6.45) is 0.203. The van der Waals surface area contributed by atoms with E-state index in [1.54, 1.807) is 6.92 Å². The van der Waals surface area contributed by atoms with Crippen LogP contribution in [0, 0.1) is 0 Å². The van der Waals surface area contributed by atoms with Gasteiger partial charge in [-0.05, 0) is 27.2 Å². The van der Waals surface area contributed by atoms with Crippen molar-refractivity contribution in [3.63, 3.8) is 0 Å². The molecule has 0 aromatic heterocycles. The molecule has 0 aliphatic rings. The molecule has 0 bridgehead atoms. The van der Waals surface area contributed by atoms with Crippen LogP contribution in [0.15, 0.2) is 0 Å². The summed E-state index contributed by atoms with van der Waals surface area (Å²) >= 11 is 0. The molecule has 4 N–H and O–H groups in total. The number of carboxylic acids is 1. The van der Waals surface area contributed by atoms with Crippen LogP contribution in [0.1, 0.15) is 40.5 Å². The molecule has 0 fully saturated rings. The van der Waals surface area contributed by atoms with Crippen LogP contribution in [0.4, 0.5) is 0 Å². The van der Waals surface area contributed by atoms with Crippen molar-refractivity contribution in [1.82, 2.24) is 9.99 Å². The minimum atomic E-state index is -5.03. The molecule has 0 aliphatic carbocycles. The van der Waals surface area contributed by atoms with E-state index >= 15 is 0 Å². The summed E-state index contributed by atoms with van der Waals surface area (Å²) in [6, 6.07) is -1.25. The van der Waals surface area contributed by atoms with Gasteiger partial charge in [-0.15, -0.1) is 0 Å². The highest BCUT2D eigenvalue weighted by molar-refractivity contribution is 7.50. The van der Waals surface area contributed by atoms with E-state index in [1.807, 2.05) is 0 Å². The summed E-state index contributed by atoms with van der Waals surface area (Å²) in [4.78, 5) is 53.3. The van der Waals surface area contributed by atoms with Gasteiger partial charge in [0.1, 0.15) is 11.6 Å². The number of carbonyl (C=O) groups excluding carboxylic acids is 2. The second-order valence-electron chi connectivity index (χ2n) is 5.06. The first kappa shape index (κ1) is 19.6. The summed E-state index contributed by atoms with van der Waals surface area (Å²) in [5.74, 6) is -3.15. The Morgan fingerprint density at radius 2 is 1.76 bits per heavy atom. The zero-order valence-electron chi connectivity index (χ0n) is 12.4. The SMILES string of the molecule is CCCC(=O)N(C(C)(C)C(=O)NC(C)C(=O)O)P(=O)(O)O. The van der Waals surface area contributed by atoms with Gasteiger partial charge in [0.15, 0.2) is 0 Å². The lowest BCUT2D eigenvalue weighted by Gasteiger charge is -2.37. The Kier molecular flexibility index (Phi) is 6.54. The molecule has 10 heteroatoms. The van der Waals surface area contributed by atoms with Crippen molar-refractivity contribution in [2.75, 3.05) is 0 Å². The Morgan fingerprint density at radius 1 is 1.29 bits per heavy atom. The first-order chi connectivity index (χ1) is 9.35. The van der Waals surface area contributed by atoms with Crippen LogP contribution in [0.3, 0.4) is 0 Å². The average molecular weight is 324 g/mol. The summed E-state index contributed by atoms with van der Waals surface area (Å²) in [6.45, 7) is 5.13. The first-order valence-electron chi connectivity index (χ1n) is 6.28. The largest absolute Gasteiger partial charge is 0.480 e. The highest BCUT2D eigenvalue weighted by atomic mass is 31.2. The number of amides is 2. The number of rotatable bonds is 7. The third kappa shape index (κ3) is 5.11. The number of carboxylic acid groups (broad SMARTS) is 1. The fourth-order valence-corrected chi connectivity index (χ4v) is 2.77. The Balaban J connectivity index is 5.46. The molecule has 0 radical (unpaired) electrons. The molecule has 21 heavy (non-hydrogen) atoms.